The number of aliphatic hydroxyl groups is 2. The molecule has 0 aromatic heterocycles. The van der Waals surface area contributed by atoms with Crippen molar-refractivity contribution in [3.63, 3.8) is 0 Å². The van der Waals surface area contributed by atoms with Crippen LogP contribution in [-0.2, 0) is 40.5 Å². The number of esters is 1. The average Bonchev–Trinajstić information content (AvgIpc) is 3.02. The summed E-state index contributed by atoms with van der Waals surface area (Å²) in [5.41, 5.74) is 0.646. The molecule has 0 radical (unpaired) electrons. The predicted molar refractivity (Wildman–Crippen MR) is 167 cm³/mol. The number of carbonyl (C=O) groups is 3. The molecule has 1 aromatic rings. The molecule has 1 unspecified atom stereocenters. The Bertz CT molecular complexity index is 1190. The van der Waals surface area contributed by atoms with Crippen LogP contribution in [0.4, 0.5) is 0 Å². The summed E-state index contributed by atoms with van der Waals surface area (Å²) in [6.07, 6.45) is 3.25. The molecule has 1 aliphatic carbocycles. The molecule has 5 N–H and O–H groups in total. The number of rotatable bonds is 16. The van der Waals surface area contributed by atoms with Crippen molar-refractivity contribution < 1.29 is 42.5 Å². The van der Waals surface area contributed by atoms with Crippen molar-refractivity contribution in [2.45, 2.75) is 95.5 Å². The van der Waals surface area contributed by atoms with E-state index in [1.807, 2.05) is 13.8 Å². The van der Waals surface area contributed by atoms with Crippen LogP contribution >= 0.6 is 0 Å². The number of methoxy groups -OCH3 is 1. The molecule has 13 nitrogen and oxygen atoms in total. The number of ether oxygens (including phenoxy) is 2. The molecule has 1 heterocycles. The minimum absolute atomic E-state index is 0.0652. The minimum Gasteiger partial charge on any atom is -0.467 e. The summed E-state index contributed by atoms with van der Waals surface area (Å²) < 4.78 is 40.0. The van der Waals surface area contributed by atoms with Crippen molar-refractivity contribution in [1.29, 1.82) is 0 Å². The first-order valence-corrected chi connectivity index (χ1v) is 17.3. The lowest BCUT2D eigenvalue weighted by Gasteiger charge is -2.34. The van der Waals surface area contributed by atoms with Crippen LogP contribution < -0.4 is 15.4 Å². The number of nitrogens with one attached hydrogen (secondary N) is 3. The van der Waals surface area contributed by atoms with Crippen LogP contribution in [-0.4, -0.2) is 104 Å². The van der Waals surface area contributed by atoms with E-state index in [-0.39, 0.29) is 44.6 Å². The van der Waals surface area contributed by atoms with E-state index in [0.717, 1.165) is 39.2 Å². The number of imide groups is 1. The second kappa shape index (κ2) is 18.0. The highest BCUT2D eigenvalue weighted by atomic mass is 32.2. The van der Waals surface area contributed by atoms with Gasteiger partial charge in [-0.05, 0) is 36.7 Å². The van der Waals surface area contributed by atoms with E-state index in [4.69, 9.17) is 9.47 Å². The zero-order chi connectivity index (χ0) is 33.0. The topological polar surface area (TPSA) is 184 Å². The summed E-state index contributed by atoms with van der Waals surface area (Å²) in [7, 11) is -3.03. The SMILES string of the molecule is COC(=O)[C@H](N[C@@H](CC1CCCCC1)C(O)[C@@H](O)CC(C)C)C(=O)NC(=O)[C@H](Cc1ccccc1)NS(=O)(=O)N1CCOCC1. The van der Waals surface area contributed by atoms with Gasteiger partial charge in [-0.2, -0.15) is 17.4 Å². The fourth-order valence-electron chi connectivity index (χ4n) is 5.92. The number of amides is 2. The number of aliphatic hydroxyl groups excluding tert-OH is 2. The van der Waals surface area contributed by atoms with Crippen molar-refractivity contribution >= 4 is 28.0 Å². The molecule has 3 rings (SSSR count). The number of hydrogen-bond acceptors (Lipinski definition) is 10. The Morgan fingerprint density at radius 1 is 1.02 bits per heavy atom. The van der Waals surface area contributed by atoms with Crippen LogP contribution in [0.1, 0.15) is 64.4 Å². The van der Waals surface area contributed by atoms with Crippen LogP contribution in [0.5, 0.6) is 0 Å². The molecule has 1 aliphatic heterocycles. The van der Waals surface area contributed by atoms with Crippen LogP contribution in [0.15, 0.2) is 30.3 Å². The average molecular weight is 655 g/mol. The van der Waals surface area contributed by atoms with Gasteiger partial charge in [0, 0.05) is 19.1 Å². The van der Waals surface area contributed by atoms with Crippen LogP contribution in [0.25, 0.3) is 0 Å². The van der Waals surface area contributed by atoms with Crippen LogP contribution in [0.3, 0.4) is 0 Å². The molecule has 254 valence electrons. The third-order valence-electron chi connectivity index (χ3n) is 8.36. The Morgan fingerprint density at radius 3 is 2.27 bits per heavy atom. The van der Waals surface area contributed by atoms with E-state index in [9.17, 15) is 33.0 Å². The van der Waals surface area contributed by atoms with E-state index < -0.39 is 58.3 Å². The van der Waals surface area contributed by atoms with E-state index in [1.165, 1.54) is 4.31 Å². The minimum atomic E-state index is -4.13. The Hall–Kier alpha value is -2.46. The van der Waals surface area contributed by atoms with E-state index in [1.54, 1.807) is 30.3 Å². The van der Waals surface area contributed by atoms with E-state index in [0.29, 0.717) is 18.4 Å². The van der Waals surface area contributed by atoms with Crippen molar-refractivity contribution in [3.05, 3.63) is 35.9 Å². The summed E-state index contributed by atoms with van der Waals surface area (Å²) >= 11 is 0. The third-order valence-corrected chi connectivity index (χ3v) is 9.99. The molecule has 1 saturated carbocycles. The molecule has 14 heteroatoms. The lowest BCUT2D eigenvalue weighted by molar-refractivity contribution is -0.148. The first-order chi connectivity index (χ1) is 21.4. The maximum atomic E-state index is 13.5. The van der Waals surface area contributed by atoms with Crippen molar-refractivity contribution in [1.82, 2.24) is 19.7 Å². The van der Waals surface area contributed by atoms with Gasteiger partial charge in [0.1, 0.15) is 6.04 Å². The zero-order valence-electron chi connectivity index (χ0n) is 26.5. The molecular weight excluding hydrogens is 604 g/mol. The fraction of sp³-hybridized carbons (Fsp3) is 0.710. The van der Waals surface area contributed by atoms with Crippen molar-refractivity contribution in [2.75, 3.05) is 33.4 Å². The first kappa shape index (κ1) is 37.0. The van der Waals surface area contributed by atoms with Gasteiger partial charge in [-0.15, -0.1) is 0 Å². The maximum Gasteiger partial charge on any atom is 0.332 e. The number of hydrogen-bond donors (Lipinski definition) is 5. The summed E-state index contributed by atoms with van der Waals surface area (Å²) in [5, 5.41) is 27.0. The second-order valence-electron chi connectivity index (χ2n) is 12.4. The smallest absolute Gasteiger partial charge is 0.332 e. The Labute approximate surface area is 266 Å². The molecule has 1 aromatic carbocycles. The number of benzene rings is 1. The number of carbonyl (C=O) groups excluding carboxylic acids is 3. The lowest BCUT2D eigenvalue weighted by atomic mass is 9.82. The van der Waals surface area contributed by atoms with E-state index >= 15 is 0 Å². The summed E-state index contributed by atoms with van der Waals surface area (Å²) in [4.78, 5) is 40.0. The second-order valence-corrected chi connectivity index (χ2v) is 14.1. The fourth-order valence-corrected chi connectivity index (χ4v) is 7.25. The molecule has 0 spiro atoms. The van der Waals surface area contributed by atoms with Crippen LogP contribution in [0.2, 0.25) is 0 Å². The highest BCUT2D eigenvalue weighted by molar-refractivity contribution is 7.87. The highest BCUT2D eigenvalue weighted by Crippen LogP contribution is 2.29. The highest BCUT2D eigenvalue weighted by Gasteiger charge is 2.38. The molecule has 2 fully saturated rings. The Kier molecular flexibility index (Phi) is 14.8. The Balaban J connectivity index is 1.82. The quantitative estimate of drug-likeness (QED) is 0.125. The number of morpholine rings is 1. The molecule has 5 atom stereocenters. The third kappa shape index (κ3) is 11.7. The van der Waals surface area contributed by atoms with Gasteiger partial charge in [-0.1, -0.05) is 76.3 Å². The molecular formula is C31H50N4O9S. The van der Waals surface area contributed by atoms with Gasteiger partial charge in [0.05, 0.1) is 32.5 Å². The van der Waals surface area contributed by atoms with Gasteiger partial charge in [0.2, 0.25) is 5.91 Å². The summed E-state index contributed by atoms with van der Waals surface area (Å²) in [6, 6.07) is 4.77. The monoisotopic (exact) mass is 654 g/mol. The number of nitrogens with zero attached hydrogens (tertiary/aromatic N) is 1. The zero-order valence-corrected chi connectivity index (χ0v) is 27.3. The maximum absolute atomic E-state index is 13.5. The molecule has 2 amide bonds. The van der Waals surface area contributed by atoms with E-state index in [2.05, 4.69) is 15.4 Å². The van der Waals surface area contributed by atoms with Gasteiger partial charge in [-0.3, -0.25) is 20.2 Å². The van der Waals surface area contributed by atoms with Gasteiger partial charge in [0.25, 0.3) is 16.1 Å². The summed E-state index contributed by atoms with van der Waals surface area (Å²) in [5.74, 6) is -2.71. The summed E-state index contributed by atoms with van der Waals surface area (Å²) in [6.45, 7) is 4.46. The standard InChI is InChI=1S/C31H50N4O9S/c1-21(2)18-26(36)28(37)24(19-22-10-6-4-7-11-22)32-27(31(40)43-3)30(39)33-29(38)25(20-23-12-8-5-9-13-23)34-45(41,42)35-14-16-44-17-15-35/h5,8-9,12-13,21-22,24-28,32,34,36-37H,4,6-7,10-11,14-20H2,1-3H3,(H,33,38,39)/t24-,25-,26-,27+,28?/m0/s1. The Morgan fingerprint density at radius 2 is 1.67 bits per heavy atom. The van der Waals surface area contributed by atoms with Crippen LogP contribution in [0, 0.1) is 11.8 Å². The predicted octanol–water partition coefficient (Wildman–Crippen LogP) is 0.645. The molecule has 45 heavy (non-hydrogen) atoms. The lowest BCUT2D eigenvalue weighted by Crippen LogP contribution is -2.61. The van der Waals surface area contributed by atoms with Gasteiger partial charge in [-0.25, -0.2) is 4.79 Å². The largest absolute Gasteiger partial charge is 0.467 e. The van der Waals surface area contributed by atoms with Gasteiger partial charge in [0.15, 0.2) is 6.04 Å². The molecule has 0 bridgehead atoms. The van der Waals surface area contributed by atoms with Crippen molar-refractivity contribution in [2.24, 2.45) is 11.8 Å². The normalized spacial score (nSPS) is 20.1. The van der Waals surface area contributed by atoms with Gasteiger partial charge < -0.3 is 19.7 Å². The van der Waals surface area contributed by atoms with Crippen molar-refractivity contribution in [3.8, 4) is 0 Å². The first-order valence-electron chi connectivity index (χ1n) is 15.8. The molecule has 2 aliphatic rings. The molecule has 1 saturated heterocycles. The van der Waals surface area contributed by atoms with Gasteiger partial charge >= 0.3 is 5.97 Å².